The molecule has 9 heteroatoms. The van der Waals surface area contributed by atoms with E-state index in [1.807, 2.05) is 54.2 Å². The summed E-state index contributed by atoms with van der Waals surface area (Å²) in [6, 6.07) is 6.98. The second kappa shape index (κ2) is 10.5. The SMILES string of the molecule is CNC(C(=O)Nc1ccc(CC(=O)N2CCSCC2)cc1)c1cnn(C)c1.Cl. The lowest BCUT2D eigenvalue weighted by Crippen LogP contribution is -2.38. The van der Waals surface area contributed by atoms with Gasteiger partial charge in [0.05, 0.1) is 12.6 Å². The number of aryl methyl sites for hydroxylation is 1. The van der Waals surface area contributed by atoms with Crippen molar-refractivity contribution in [1.82, 2.24) is 20.0 Å². The Morgan fingerprint density at radius 1 is 1.21 bits per heavy atom. The number of nitrogens with one attached hydrogen (secondary N) is 2. The van der Waals surface area contributed by atoms with Gasteiger partial charge in [-0.2, -0.15) is 16.9 Å². The van der Waals surface area contributed by atoms with Crippen molar-refractivity contribution in [2.45, 2.75) is 12.5 Å². The van der Waals surface area contributed by atoms with Gasteiger partial charge in [-0.05, 0) is 24.7 Å². The smallest absolute Gasteiger partial charge is 0.246 e. The minimum Gasteiger partial charge on any atom is -0.341 e. The molecule has 1 fully saturated rings. The molecule has 1 aliphatic heterocycles. The van der Waals surface area contributed by atoms with Gasteiger partial charge in [-0.1, -0.05) is 12.1 Å². The van der Waals surface area contributed by atoms with Crippen LogP contribution >= 0.6 is 24.2 Å². The molecule has 2 N–H and O–H groups in total. The topological polar surface area (TPSA) is 79.3 Å². The average Bonchev–Trinajstić information content (AvgIpc) is 3.10. The number of rotatable bonds is 6. The van der Waals surface area contributed by atoms with Gasteiger partial charge in [0.2, 0.25) is 11.8 Å². The molecule has 1 unspecified atom stereocenters. The van der Waals surface area contributed by atoms with Crippen molar-refractivity contribution in [2.75, 3.05) is 37.0 Å². The first-order chi connectivity index (χ1) is 13.1. The van der Waals surface area contributed by atoms with Crippen LogP contribution in [0.3, 0.4) is 0 Å². The maximum absolute atomic E-state index is 12.5. The predicted octanol–water partition coefficient (Wildman–Crippen LogP) is 1.86. The highest BCUT2D eigenvalue weighted by Gasteiger charge is 2.20. The van der Waals surface area contributed by atoms with Crippen LogP contribution in [0.15, 0.2) is 36.7 Å². The van der Waals surface area contributed by atoms with Crippen LogP contribution in [0.5, 0.6) is 0 Å². The molecule has 2 amide bonds. The first kappa shape index (κ1) is 22.3. The predicted molar refractivity (Wildman–Crippen MR) is 115 cm³/mol. The Labute approximate surface area is 175 Å². The summed E-state index contributed by atoms with van der Waals surface area (Å²) in [5, 5.41) is 10.0. The number of carbonyl (C=O) groups excluding carboxylic acids is 2. The zero-order chi connectivity index (χ0) is 19.2. The standard InChI is InChI=1S/C19H25N5O2S.ClH/c1-20-18(15-12-21-23(2)13-15)19(26)22-16-5-3-14(4-6-16)11-17(25)24-7-9-27-10-8-24;/h3-6,12-13,18,20H,7-11H2,1-2H3,(H,22,26);1H. The van der Waals surface area contributed by atoms with Crippen LogP contribution in [0.2, 0.25) is 0 Å². The summed E-state index contributed by atoms with van der Waals surface area (Å²) in [6.07, 6.45) is 3.89. The second-order valence-electron chi connectivity index (χ2n) is 6.53. The van der Waals surface area contributed by atoms with Crippen molar-refractivity contribution in [3.8, 4) is 0 Å². The van der Waals surface area contributed by atoms with Gasteiger partial charge in [0.15, 0.2) is 0 Å². The van der Waals surface area contributed by atoms with E-state index in [-0.39, 0.29) is 24.2 Å². The summed E-state index contributed by atoms with van der Waals surface area (Å²) >= 11 is 1.89. The highest BCUT2D eigenvalue weighted by Crippen LogP contribution is 2.17. The fourth-order valence-corrected chi connectivity index (χ4v) is 3.96. The van der Waals surface area contributed by atoms with E-state index in [0.29, 0.717) is 12.1 Å². The van der Waals surface area contributed by atoms with Crippen molar-refractivity contribution in [3.05, 3.63) is 47.8 Å². The summed E-state index contributed by atoms with van der Waals surface area (Å²) in [6.45, 7) is 1.66. The molecule has 2 heterocycles. The van der Waals surface area contributed by atoms with Gasteiger partial charge in [-0.3, -0.25) is 14.3 Å². The normalized spacial score (nSPS) is 14.9. The highest BCUT2D eigenvalue weighted by molar-refractivity contribution is 7.99. The summed E-state index contributed by atoms with van der Waals surface area (Å²) in [5.74, 6) is 2.04. The first-order valence-corrected chi connectivity index (χ1v) is 10.1. The number of anilines is 1. The third kappa shape index (κ3) is 5.73. The summed E-state index contributed by atoms with van der Waals surface area (Å²) in [7, 11) is 3.56. The Morgan fingerprint density at radius 3 is 2.46 bits per heavy atom. The molecular weight excluding hydrogens is 398 g/mol. The van der Waals surface area contributed by atoms with E-state index in [4.69, 9.17) is 0 Å². The molecule has 7 nitrogen and oxygen atoms in total. The summed E-state index contributed by atoms with van der Waals surface area (Å²) < 4.78 is 1.67. The van der Waals surface area contributed by atoms with Crippen molar-refractivity contribution in [2.24, 2.45) is 7.05 Å². The van der Waals surface area contributed by atoms with E-state index in [1.165, 1.54) is 0 Å². The Balaban J connectivity index is 0.00000280. The minimum absolute atomic E-state index is 0. The third-order valence-electron chi connectivity index (χ3n) is 4.55. The number of amides is 2. The molecule has 1 aromatic carbocycles. The van der Waals surface area contributed by atoms with E-state index in [0.717, 1.165) is 35.7 Å². The quantitative estimate of drug-likeness (QED) is 0.741. The molecule has 1 aromatic heterocycles. The monoisotopic (exact) mass is 423 g/mol. The number of hydrogen-bond donors (Lipinski definition) is 2. The average molecular weight is 424 g/mol. The Hall–Kier alpha value is -2.03. The van der Waals surface area contributed by atoms with Crippen LogP contribution < -0.4 is 10.6 Å². The summed E-state index contributed by atoms with van der Waals surface area (Å²) in [5.41, 5.74) is 2.46. The molecule has 0 radical (unpaired) electrons. The number of benzene rings is 1. The molecule has 0 bridgehead atoms. The van der Waals surface area contributed by atoms with Crippen LogP contribution in [0, 0.1) is 0 Å². The Bertz CT molecular complexity index is 790. The molecule has 152 valence electrons. The number of nitrogens with zero attached hydrogens (tertiary/aromatic N) is 3. The van der Waals surface area contributed by atoms with Crippen molar-refractivity contribution in [1.29, 1.82) is 0 Å². The van der Waals surface area contributed by atoms with E-state index >= 15 is 0 Å². The maximum atomic E-state index is 12.5. The number of carbonyl (C=O) groups is 2. The maximum Gasteiger partial charge on any atom is 0.246 e. The van der Waals surface area contributed by atoms with Crippen LogP contribution in [-0.2, 0) is 23.1 Å². The molecule has 0 saturated carbocycles. The molecular formula is C19H26ClN5O2S. The zero-order valence-corrected chi connectivity index (χ0v) is 17.7. The lowest BCUT2D eigenvalue weighted by atomic mass is 10.1. The number of halogens is 1. The van der Waals surface area contributed by atoms with Crippen LogP contribution in [0.25, 0.3) is 0 Å². The van der Waals surface area contributed by atoms with Crippen LogP contribution in [-0.4, -0.2) is 58.1 Å². The van der Waals surface area contributed by atoms with Crippen molar-refractivity contribution in [3.63, 3.8) is 0 Å². The molecule has 1 aliphatic rings. The van der Waals surface area contributed by atoms with Gasteiger partial charge in [0, 0.05) is 49.1 Å². The largest absolute Gasteiger partial charge is 0.341 e. The second-order valence-corrected chi connectivity index (χ2v) is 7.75. The van der Waals surface area contributed by atoms with Gasteiger partial charge < -0.3 is 15.5 Å². The van der Waals surface area contributed by atoms with Crippen LogP contribution in [0.4, 0.5) is 5.69 Å². The third-order valence-corrected chi connectivity index (χ3v) is 5.49. The molecule has 0 spiro atoms. The highest BCUT2D eigenvalue weighted by atomic mass is 35.5. The number of aromatic nitrogens is 2. The fraction of sp³-hybridized carbons (Fsp3) is 0.421. The minimum atomic E-state index is -0.475. The molecule has 28 heavy (non-hydrogen) atoms. The van der Waals surface area contributed by atoms with Crippen LogP contribution in [0.1, 0.15) is 17.2 Å². The summed E-state index contributed by atoms with van der Waals surface area (Å²) in [4.78, 5) is 26.8. The fourth-order valence-electron chi connectivity index (χ4n) is 3.06. The molecule has 1 saturated heterocycles. The number of hydrogen-bond acceptors (Lipinski definition) is 5. The number of likely N-dealkylation sites (N-methyl/N-ethyl adjacent to an activating group) is 1. The Morgan fingerprint density at radius 2 is 1.89 bits per heavy atom. The lowest BCUT2D eigenvalue weighted by molar-refractivity contribution is -0.130. The Kier molecular flexibility index (Phi) is 8.35. The van der Waals surface area contributed by atoms with E-state index in [9.17, 15) is 9.59 Å². The van der Waals surface area contributed by atoms with Crippen molar-refractivity contribution < 1.29 is 9.59 Å². The number of thioether (sulfide) groups is 1. The van der Waals surface area contributed by atoms with E-state index < -0.39 is 6.04 Å². The van der Waals surface area contributed by atoms with E-state index in [1.54, 1.807) is 17.9 Å². The van der Waals surface area contributed by atoms with Gasteiger partial charge in [0.25, 0.3) is 0 Å². The van der Waals surface area contributed by atoms with Gasteiger partial charge in [-0.15, -0.1) is 12.4 Å². The van der Waals surface area contributed by atoms with E-state index in [2.05, 4.69) is 15.7 Å². The van der Waals surface area contributed by atoms with Gasteiger partial charge in [-0.25, -0.2) is 0 Å². The first-order valence-electron chi connectivity index (χ1n) is 8.98. The molecule has 2 aromatic rings. The molecule has 1 atom stereocenters. The van der Waals surface area contributed by atoms with Gasteiger partial charge >= 0.3 is 0 Å². The zero-order valence-electron chi connectivity index (χ0n) is 16.1. The van der Waals surface area contributed by atoms with Crippen molar-refractivity contribution >= 4 is 41.7 Å². The molecule has 0 aliphatic carbocycles. The van der Waals surface area contributed by atoms with Gasteiger partial charge in [0.1, 0.15) is 6.04 Å². The lowest BCUT2D eigenvalue weighted by Gasteiger charge is -2.26. The molecule has 3 rings (SSSR count).